The summed E-state index contributed by atoms with van der Waals surface area (Å²) >= 11 is 1.54. The van der Waals surface area contributed by atoms with Crippen LogP contribution in [0.25, 0.3) is 10.2 Å². The van der Waals surface area contributed by atoms with E-state index in [0.717, 1.165) is 41.2 Å². The van der Waals surface area contributed by atoms with Crippen molar-refractivity contribution in [2.75, 3.05) is 6.61 Å². The Morgan fingerprint density at radius 1 is 1.09 bits per heavy atom. The number of nitrogens with two attached hydrogens (primary N) is 1. The van der Waals surface area contributed by atoms with Crippen LogP contribution in [0.3, 0.4) is 0 Å². The minimum Gasteiger partial charge on any atom is -0.494 e. The Balaban J connectivity index is 1.35. The Kier molecular flexibility index (Phi) is 3.89. The van der Waals surface area contributed by atoms with Crippen molar-refractivity contribution in [1.82, 2.24) is 4.98 Å². The van der Waals surface area contributed by atoms with E-state index in [1.807, 2.05) is 48.5 Å². The molecule has 2 N–H and O–H groups in total. The minimum absolute atomic E-state index is 0.392. The van der Waals surface area contributed by atoms with E-state index in [0.29, 0.717) is 17.2 Å². The highest BCUT2D eigenvalue weighted by molar-refractivity contribution is 7.20. The van der Waals surface area contributed by atoms with Gasteiger partial charge in [-0.05, 0) is 55.2 Å². The number of hydrogen-bond donors (Lipinski definition) is 1. The molecule has 2 aromatic carbocycles. The number of ether oxygens (including phenoxy) is 2. The zero-order valence-corrected chi connectivity index (χ0v) is 13.5. The molecule has 1 heterocycles. The molecule has 1 saturated carbocycles. The highest BCUT2D eigenvalue weighted by atomic mass is 32.1. The van der Waals surface area contributed by atoms with Gasteiger partial charge in [-0.1, -0.05) is 23.5 Å². The summed E-state index contributed by atoms with van der Waals surface area (Å²) < 4.78 is 12.7. The predicted molar refractivity (Wildman–Crippen MR) is 92.3 cm³/mol. The highest BCUT2D eigenvalue weighted by Gasteiger charge is 2.32. The summed E-state index contributed by atoms with van der Waals surface area (Å²) in [5.74, 6) is 2.27. The summed E-state index contributed by atoms with van der Waals surface area (Å²) in [5, 5.41) is 0.655. The second-order valence-electron chi connectivity index (χ2n) is 5.82. The van der Waals surface area contributed by atoms with E-state index in [2.05, 4.69) is 4.98 Å². The zero-order valence-electron chi connectivity index (χ0n) is 12.6. The van der Waals surface area contributed by atoms with Gasteiger partial charge in [0, 0.05) is 6.04 Å². The summed E-state index contributed by atoms with van der Waals surface area (Å²) in [5.41, 5.74) is 6.75. The zero-order chi connectivity index (χ0) is 15.6. The molecule has 5 heteroatoms. The van der Waals surface area contributed by atoms with E-state index in [1.54, 1.807) is 11.3 Å². The fraction of sp³-hybridized carbons (Fsp3) is 0.278. The first-order valence-corrected chi connectivity index (χ1v) is 8.61. The Morgan fingerprint density at radius 2 is 1.83 bits per heavy atom. The van der Waals surface area contributed by atoms with Crippen LogP contribution >= 0.6 is 11.3 Å². The van der Waals surface area contributed by atoms with Crippen LogP contribution in [0.4, 0.5) is 0 Å². The molecular weight excluding hydrogens is 308 g/mol. The summed E-state index contributed by atoms with van der Waals surface area (Å²) in [6, 6.07) is 16.1. The van der Waals surface area contributed by atoms with E-state index >= 15 is 0 Å². The summed E-state index contributed by atoms with van der Waals surface area (Å²) in [4.78, 5) is 4.47. The SMILES string of the molecule is NC1CC1CCOc1ccc(Oc2nc3ccccc3s2)cc1. The monoisotopic (exact) mass is 326 g/mol. The molecule has 1 aliphatic carbocycles. The molecule has 0 amide bonds. The van der Waals surface area contributed by atoms with Crippen molar-refractivity contribution in [3.05, 3.63) is 48.5 Å². The van der Waals surface area contributed by atoms with Crippen molar-refractivity contribution >= 4 is 21.6 Å². The van der Waals surface area contributed by atoms with Gasteiger partial charge >= 0.3 is 0 Å². The van der Waals surface area contributed by atoms with Crippen molar-refractivity contribution in [2.45, 2.75) is 18.9 Å². The number of aromatic nitrogens is 1. The van der Waals surface area contributed by atoms with Crippen molar-refractivity contribution < 1.29 is 9.47 Å². The Labute approximate surface area is 138 Å². The van der Waals surface area contributed by atoms with Crippen LogP contribution in [0.15, 0.2) is 48.5 Å². The lowest BCUT2D eigenvalue weighted by Crippen LogP contribution is -2.05. The van der Waals surface area contributed by atoms with Gasteiger partial charge in [-0.3, -0.25) is 0 Å². The van der Waals surface area contributed by atoms with Gasteiger partial charge in [-0.2, -0.15) is 0 Å². The number of thiazole rings is 1. The largest absolute Gasteiger partial charge is 0.494 e. The van der Waals surface area contributed by atoms with E-state index in [4.69, 9.17) is 15.2 Å². The van der Waals surface area contributed by atoms with Crippen molar-refractivity contribution in [2.24, 2.45) is 11.7 Å². The second-order valence-corrected chi connectivity index (χ2v) is 6.81. The Bertz CT molecular complexity index is 767. The Hall–Kier alpha value is -2.11. The van der Waals surface area contributed by atoms with Crippen LogP contribution < -0.4 is 15.2 Å². The van der Waals surface area contributed by atoms with Gasteiger partial charge in [-0.15, -0.1) is 0 Å². The van der Waals surface area contributed by atoms with Crippen LogP contribution in [0.5, 0.6) is 16.7 Å². The molecule has 0 radical (unpaired) electrons. The first-order chi connectivity index (χ1) is 11.3. The fourth-order valence-corrected chi connectivity index (χ4v) is 3.37. The number of benzene rings is 2. The van der Waals surface area contributed by atoms with Crippen molar-refractivity contribution in [3.63, 3.8) is 0 Å². The average Bonchev–Trinajstić information content (AvgIpc) is 3.10. The molecule has 1 fully saturated rings. The summed E-state index contributed by atoms with van der Waals surface area (Å²) in [7, 11) is 0. The van der Waals surface area contributed by atoms with E-state index < -0.39 is 0 Å². The van der Waals surface area contributed by atoms with Gasteiger partial charge in [-0.25, -0.2) is 4.98 Å². The summed E-state index contributed by atoms with van der Waals surface area (Å²) in [6.07, 6.45) is 2.17. The van der Waals surface area contributed by atoms with Crippen LogP contribution in [0, 0.1) is 5.92 Å². The molecule has 0 bridgehead atoms. The normalized spacial score (nSPS) is 19.7. The quantitative estimate of drug-likeness (QED) is 0.737. The third-order valence-corrected chi connectivity index (χ3v) is 4.95. The predicted octanol–water partition coefficient (Wildman–Crippen LogP) is 4.20. The Morgan fingerprint density at radius 3 is 2.57 bits per heavy atom. The van der Waals surface area contributed by atoms with Crippen LogP contribution in [0.1, 0.15) is 12.8 Å². The van der Waals surface area contributed by atoms with Crippen molar-refractivity contribution in [3.8, 4) is 16.7 Å². The molecule has 0 aliphatic heterocycles. The first-order valence-electron chi connectivity index (χ1n) is 7.80. The lowest BCUT2D eigenvalue weighted by Gasteiger charge is -2.07. The maximum atomic E-state index is 5.82. The summed E-state index contributed by atoms with van der Waals surface area (Å²) in [6.45, 7) is 0.719. The number of nitrogens with zero attached hydrogens (tertiary/aromatic N) is 1. The number of para-hydroxylation sites is 1. The van der Waals surface area contributed by atoms with Crippen LogP contribution in [-0.4, -0.2) is 17.6 Å². The number of hydrogen-bond acceptors (Lipinski definition) is 5. The average molecular weight is 326 g/mol. The minimum atomic E-state index is 0.392. The fourth-order valence-electron chi connectivity index (χ4n) is 2.53. The molecule has 0 saturated heterocycles. The van der Waals surface area contributed by atoms with E-state index in [-0.39, 0.29) is 0 Å². The van der Waals surface area contributed by atoms with Crippen LogP contribution in [-0.2, 0) is 0 Å². The first kappa shape index (κ1) is 14.5. The topological polar surface area (TPSA) is 57.4 Å². The molecule has 23 heavy (non-hydrogen) atoms. The maximum absolute atomic E-state index is 5.82. The second kappa shape index (κ2) is 6.18. The molecule has 1 aliphatic rings. The lowest BCUT2D eigenvalue weighted by molar-refractivity contribution is 0.301. The molecule has 2 atom stereocenters. The number of rotatable bonds is 6. The van der Waals surface area contributed by atoms with Gasteiger partial charge < -0.3 is 15.2 Å². The van der Waals surface area contributed by atoms with Gasteiger partial charge in [0.15, 0.2) is 0 Å². The van der Waals surface area contributed by atoms with Gasteiger partial charge in [0.05, 0.1) is 16.8 Å². The molecule has 2 unspecified atom stereocenters. The number of fused-ring (bicyclic) bond motifs is 1. The van der Waals surface area contributed by atoms with Gasteiger partial charge in [0.1, 0.15) is 11.5 Å². The molecule has 118 valence electrons. The van der Waals surface area contributed by atoms with E-state index in [9.17, 15) is 0 Å². The molecule has 1 aromatic heterocycles. The molecule has 3 aromatic rings. The van der Waals surface area contributed by atoms with Crippen molar-refractivity contribution in [1.29, 1.82) is 0 Å². The molecule has 0 spiro atoms. The molecular formula is C18H18N2O2S. The van der Waals surface area contributed by atoms with Gasteiger partial charge in [0.25, 0.3) is 5.19 Å². The molecule has 4 rings (SSSR count). The standard InChI is InChI=1S/C18H18N2O2S/c19-15-11-12(15)9-10-21-13-5-7-14(8-6-13)22-18-20-16-3-1-2-4-17(16)23-18/h1-8,12,15H,9-11,19H2. The third-order valence-electron chi connectivity index (χ3n) is 4.04. The van der Waals surface area contributed by atoms with Crippen LogP contribution in [0.2, 0.25) is 0 Å². The smallest absolute Gasteiger partial charge is 0.279 e. The van der Waals surface area contributed by atoms with E-state index in [1.165, 1.54) is 0 Å². The highest BCUT2D eigenvalue weighted by Crippen LogP contribution is 2.33. The van der Waals surface area contributed by atoms with Gasteiger partial charge in [0.2, 0.25) is 0 Å². The third kappa shape index (κ3) is 3.46. The lowest BCUT2D eigenvalue weighted by atomic mass is 10.3. The maximum Gasteiger partial charge on any atom is 0.279 e. The molecule has 4 nitrogen and oxygen atoms in total.